The van der Waals surface area contributed by atoms with E-state index in [4.69, 9.17) is 4.74 Å². The first-order chi connectivity index (χ1) is 10.1. The van der Waals surface area contributed by atoms with Crippen LogP contribution in [0.15, 0.2) is 18.2 Å². The maximum Gasteiger partial charge on any atom is 0.123 e. The number of halogens is 1. The van der Waals surface area contributed by atoms with Crippen molar-refractivity contribution in [3.8, 4) is 5.75 Å². The molecule has 1 N–H and O–H groups in total. The van der Waals surface area contributed by atoms with Crippen LogP contribution >= 0.6 is 0 Å². The van der Waals surface area contributed by atoms with Crippen molar-refractivity contribution in [3.63, 3.8) is 0 Å². The average Bonchev–Trinajstić information content (AvgIpc) is 3.04. The Morgan fingerprint density at radius 2 is 2.24 bits per heavy atom. The Hall–Kier alpha value is -1.13. The quantitative estimate of drug-likeness (QED) is 0.902. The molecule has 1 fully saturated rings. The lowest BCUT2D eigenvalue weighted by molar-refractivity contribution is 0.222. The molecule has 0 aliphatic carbocycles. The van der Waals surface area contributed by atoms with Crippen molar-refractivity contribution in [1.82, 2.24) is 10.2 Å². The summed E-state index contributed by atoms with van der Waals surface area (Å²) < 4.78 is 19.0. The van der Waals surface area contributed by atoms with Crippen molar-refractivity contribution in [2.45, 2.75) is 38.8 Å². The number of likely N-dealkylation sites (tertiary alicyclic amines) is 1. The van der Waals surface area contributed by atoms with Crippen LogP contribution in [0, 0.1) is 11.7 Å². The molecule has 2 unspecified atom stereocenters. The number of rotatable bonds is 5. The molecule has 3 nitrogen and oxygen atoms in total. The van der Waals surface area contributed by atoms with E-state index in [1.54, 1.807) is 12.1 Å². The molecule has 1 saturated heterocycles. The van der Waals surface area contributed by atoms with Crippen molar-refractivity contribution < 1.29 is 9.13 Å². The van der Waals surface area contributed by atoms with Crippen molar-refractivity contribution in [1.29, 1.82) is 0 Å². The van der Waals surface area contributed by atoms with Gasteiger partial charge in [0, 0.05) is 31.1 Å². The third kappa shape index (κ3) is 3.55. The molecule has 4 heteroatoms. The minimum absolute atomic E-state index is 0.143. The van der Waals surface area contributed by atoms with Crippen LogP contribution in [-0.4, -0.2) is 43.2 Å². The number of fused-ring (bicyclic) bond motifs is 1. The number of nitrogens with zero attached hydrogens (tertiary/aromatic N) is 1. The van der Waals surface area contributed by atoms with Crippen molar-refractivity contribution >= 4 is 0 Å². The molecule has 2 aliphatic heterocycles. The number of hydrogen-bond donors (Lipinski definition) is 1. The first-order valence-electron chi connectivity index (χ1n) is 8.01. The molecule has 0 bridgehead atoms. The van der Waals surface area contributed by atoms with E-state index in [0.29, 0.717) is 6.04 Å². The van der Waals surface area contributed by atoms with E-state index in [-0.39, 0.29) is 11.9 Å². The zero-order valence-corrected chi connectivity index (χ0v) is 12.9. The summed E-state index contributed by atoms with van der Waals surface area (Å²) in [7, 11) is 0. The molecule has 2 heterocycles. The highest BCUT2D eigenvalue weighted by Gasteiger charge is 2.26. The second kappa shape index (κ2) is 6.32. The van der Waals surface area contributed by atoms with Crippen molar-refractivity contribution in [3.05, 3.63) is 29.6 Å². The summed E-state index contributed by atoms with van der Waals surface area (Å²) >= 11 is 0. The minimum Gasteiger partial charge on any atom is -0.488 e. The Balaban J connectivity index is 1.40. The van der Waals surface area contributed by atoms with Crippen LogP contribution in [0.25, 0.3) is 0 Å². The van der Waals surface area contributed by atoms with E-state index in [2.05, 4.69) is 24.1 Å². The van der Waals surface area contributed by atoms with E-state index in [1.165, 1.54) is 25.6 Å². The lowest BCUT2D eigenvalue weighted by Crippen LogP contribution is -2.35. The van der Waals surface area contributed by atoms with Crippen LogP contribution in [0.2, 0.25) is 0 Å². The lowest BCUT2D eigenvalue weighted by Gasteiger charge is -2.20. The molecule has 0 amide bonds. The highest BCUT2D eigenvalue weighted by Crippen LogP contribution is 2.29. The zero-order chi connectivity index (χ0) is 14.8. The third-order valence-electron chi connectivity index (χ3n) is 4.62. The summed E-state index contributed by atoms with van der Waals surface area (Å²) in [5.74, 6) is 1.41. The van der Waals surface area contributed by atoms with Gasteiger partial charge in [-0.3, -0.25) is 0 Å². The van der Waals surface area contributed by atoms with Crippen molar-refractivity contribution in [2.75, 3.05) is 26.2 Å². The molecule has 2 atom stereocenters. The van der Waals surface area contributed by atoms with Gasteiger partial charge in [0.25, 0.3) is 0 Å². The van der Waals surface area contributed by atoms with E-state index in [0.717, 1.165) is 36.7 Å². The molecule has 116 valence electrons. The van der Waals surface area contributed by atoms with Gasteiger partial charge in [-0.05, 0) is 57.5 Å². The molecule has 1 aromatic carbocycles. The first kappa shape index (κ1) is 14.8. The molecule has 3 rings (SSSR count). The summed E-state index contributed by atoms with van der Waals surface area (Å²) in [5, 5.41) is 3.53. The largest absolute Gasteiger partial charge is 0.488 e. The van der Waals surface area contributed by atoms with Gasteiger partial charge in [0.05, 0.1) is 0 Å². The van der Waals surface area contributed by atoms with Crippen LogP contribution < -0.4 is 10.1 Å². The Bertz CT molecular complexity index is 492. The van der Waals surface area contributed by atoms with Gasteiger partial charge in [-0.1, -0.05) is 0 Å². The summed E-state index contributed by atoms with van der Waals surface area (Å²) in [6.45, 7) is 8.83. The normalized spacial score (nSPS) is 25.3. The van der Waals surface area contributed by atoms with Crippen LogP contribution in [0.1, 0.15) is 25.8 Å². The van der Waals surface area contributed by atoms with Gasteiger partial charge >= 0.3 is 0 Å². The topological polar surface area (TPSA) is 24.5 Å². The Morgan fingerprint density at radius 1 is 1.38 bits per heavy atom. The molecule has 1 aromatic rings. The lowest BCUT2D eigenvalue weighted by atomic mass is 10.1. The summed E-state index contributed by atoms with van der Waals surface area (Å²) in [4.78, 5) is 2.54. The maximum absolute atomic E-state index is 13.2. The molecule has 0 spiro atoms. The smallest absolute Gasteiger partial charge is 0.123 e. The fourth-order valence-corrected chi connectivity index (χ4v) is 3.35. The molecule has 0 radical (unpaired) electrons. The fraction of sp³-hybridized carbons (Fsp3) is 0.647. The predicted octanol–water partition coefficient (Wildman–Crippen LogP) is 2.45. The van der Waals surface area contributed by atoms with Gasteiger partial charge in [-0.25, -0.2) is 4.39 Å². The van der Waals surface area contributed by atoms with E-state index in [9.17, 15) is 4.39 Å². The average molecular weight is 292 g/mol. The summed E-state index contributed by atoms with van der Waals surface area (Å²) in [5.41, 5.74) is 0.994. The monoisotopic (exact) mass is 292 g/mol. The van der Waals surface area contributed by atoms with Gasteiger partial charge < -0.3 is 15.0 Å². The minimum atomic E-state index is -0.175. The highest BCUT2D eigenvalue weighted by molar-refractivity contribution is 5.37. The van der Waals surface area contributed by atoms with Gasteiger partial charge in [0.1, 0.15) is 17.7 Å². The van der Waals surface area contributed by atoms with Gasteiger partial charge in [0.2, 0.25) is 0 Å². The molecular weight excluding hydrogens is 267 g/mol. The Labute approximate surface area is 126 Å². The summed E-state index contributed by atoms with van der Waals surface area (Å²) in [6.07, 6.45) is 2.23. The Kier molecular flexibility index (Phi) is 4.45. The number of hydrogen-bond acceptors (Lipinski definition) is 3. The van der Waals surface area contributed by atoms with Gasteiger partial charge in [-0.15, -0.1) is 0 Å². The third-order valence-corrected chi connectivity index (χ3v) is 4.62. The SMILES string of the molecule is CC(C)N1CCC(CNCC2Cc3cc(F)ccc3O2)C1. The van der Waals surface area contributed by atoms with Crippen LogP contribution in [0.4, 0.5) is 4.39 Å². The molecule has 0 aromatic heterocycles. The Morgan fingerprint density at radius 3 is 3.00 bits per heavy atom. The number of nitrogens with one attached hydrogen (secondary N) is 1. The molecule has 0 saturated carbocycles. The molecule has 21 heavy (non-hydrogen) atoms. The van der Waals surface area contributed by atoms with Gasteiger partial charge in [0.15, 0.2) is 0 Å². The standard InChI is InChI=1S/C17H25FN2O/c1-12(2)20-6-5-13(11-20)9-19-10-16-8-14-7-15(18)3-4-17(14)21-16/h3-4,7,12-13,16,19H,5-6,8-11H2,1-2H3. The first-order valence-corrected chi connectivity index (χ1v) is 8.01. The van der Waals surface area contributed by atoms with Gasteiger partial charge in [-0.2, -0.15) is 0 Å². The highest BCUT2D eigenvalue weighted by atomic mass is 19.1. The number of ether oxygens (including phenoxy) is 1. The zero-order valence-electron chi connectivity index (χ0n) is 12.9. The van der Waals surface area contributed by atoms with E-state index < -0.39 is 0 Å². The van der Waals surface area contributed by atoms with E-state index >= 15 is 0 Å². The second-order valence-electron chi connectivity index (χ2n) is 6.60. The number of benzene rings is 1. The summed E-state index contributed by atoms with van der Waals surface area (Å²) in [6, 6.07) is 5.44. The van der Waals surface area contributed by atoms with Crippen LogP contribution in [0.5, 0.6) is 5.75 Å². The maximum atomic E-state index is 13.2. The van der Waals surface area contributed by atoms with E-state index in [1.807, 2.05) is 0 Å². The van der Waals surface area contributed by atoms with Crippen LogP contribution in [0.3, 0.4) is 0 Å². The molecule has 2 aliphatic rings. The molecular formula is C17H25FN2O. The van der Waals surface area contributed by atoms with Crippen molar-refractivity contribution in [2.24, 2.45) is 5.92 Å². The second-order valence-corrected chi connectivity index (χ2v) is 6.60. The predicted molar refractivity (Wildman–Crippen MR) is 82.2 cm³/mol. The fourth-order valence-electron chi connectivity index (χ4n) is 3.35. The van der Waals surface area contributed by atoms with Crippen LogP contribution in [-0.2, 0) is 6.42 Å².